The van der Waals surface area contributed by atoms with Crippen molar-refractivity contribution < 1.29 is 28.3 Å². The lowest BCUT2D eigenvalue weighted by molar-refractivity contribution is 0.0274. The summed E-state index contributed by atoms with van der Waals surface area (Å²) in [5.41, 5.74) is 0. The maximum Gasteiger partial charge on any atom is 0.469 e. The van der Waals surface area contributed by atoms with Crippen molar-refractivity contribution in [3.63, 3.8) is 0 Å². The Balaban J connectivity index is 2.31. The van der Waals surface area contributed by atoms with Gasteiger partial charge in [0.1, 0.15) is 11.9 Å². The van der Waals surface area contributed by atoms with Crippen LogP contribution in [0.3, 0.4) is 0 Å². The molecule has 0 heterocycles. The monoisotopic (exact) mass is 318 g/mol. The van der Waals surface area contributed by atoms with Crippen molar-refractivity contribution in [2.45, 2.75) is 32.3 Å². The molecule has 1 unspecified atom stereocenters. The van der Waals surface area contributed by atoms with Gasteiger partial charge in [0.15, 0.2) is 0 Å². The molecule has 0 saturated heterocycles. The molecule has 0 spiro atoms. The lowest BCUT2D eigenvalue weighted by atomic mass is 10.2. The molecular weight excluding hydrogens is 295 g/mol. The molecule has 0 saturated carbocycles. The van der Waals surface area contributed by atoms with Gasteiger partial charge in [-0.3, -0.25) is 4.52 Å². The molecule has 0 radical (unpaired) electrons. The van der Waals surface area contributed by atoms with E-state index in [0.29, 0.717) is 6.61 Å². The molecule has 1 aromatic carbocycles. The van der Waals surface area contributed by atoms with Gasteiger partial charge in [-0.1, -0.05) is 31.5 Å². The number of unbranched alkanes of at least 4 members (excludes halogenated alkanes) is 1. The molecule has 1 atom stereocenters. The Labute approximate surface area is 125 Å². The van der Waals surface area contributed by atoms with Gasteiger partial charge in [0.2, 0.25) is 0 Å². The van der Waals surface area contributed by atoms with Gasteiger partial charge in [-0.05, 0) is 25.0 Å². The third kappa shape index (κ3) is 9.61. The molecular formula is C14H23O6P. The molecule has 1 rings (SSSR count). The zero-order valence-corrected chi connectivity index (χ0v) is 13.1. The van der Waals surface area contributed by atoms with Crippen molar-refractivity contribution in [3.05, 3.63) is 30.3 Å². The zero-order chi connectivity index (χ0) is 15.6. The van der Waals surface area contributed by atoms with Crippen LogP contribution >= 0.6 is 7.82 Å². The third-order valence-corrected chi connectivity index (χ3v) is 3.24. The Kier molecular flexibility index (Phi) is 8.57. The Hall–Kier alpha value is -0.910. The van der Waals surface area contributed by atoms with Gasteiger partial charge in [-0.15, -0.1) is 0 Å². The SMILES string of the molecule is CCCCC(COCCOP(=O)(O)O)Oc1ccccc1. The van der Waals surface area contributed by atoms with Crippen LogP contribution in [0.15, 0.2) is 30.3 Å². The van der Waals surface area contributed by atoms with Crippen LogP contribution < -0.4 is 4.74 Å². The van der Waals surface area contributed by atoms with Crippen molar-refractivity contribution in [2.75, 3.05) is 19.8 Å². The lowest BCUT2D eigenvalue weighted by Gasteiger charge is -2.19. The number of ether oxygens (including phenoxy) is 2. The number of hydrogen-bond donors (Lipinski definition) is 2. The number of phosphoric ester groups is 1. The highest BCUT2D eigenvalue weighted by Crippen LogP contribution is 2.35. The van der Waals surface area contributed by atoms with Crippen LogP contribution in [0.2, 0.25) is 0 Å². The second-order valence-electron chi connectivity index (χ2n) is 4.59. The Morgan fingerprint density at radius 2 is 1.90 bits per heavy atom. The van der Waals surface area contributed by atoms with Crippen molar-refractivity contribution >= 4 is 7.82 Å². The molecule has 0 aliphatic carbocycles. The van der Waals surface area contributed by atoms with Crippen LogP contribution in [0.25, 0.3) is 0 Å². The number of benzene rings is 1. The average Bonchev–Trinajstić information content (AvgIpc) is 2.44. The van der Waals surface area contributed by atoms with Crippen molar-refractivity contribution in [1.82, 2.24) is 0 Å². The van der Waals surface area contributed by atoms with Crippen LogP contribution in [-0.4, -0.2) is 35.7 Å². The summed E-state index contributed by atoms with van der Waals surface area (Å²) in [7, 11) is -4.41. The lowest BCUT2D eigenvalue weighted by Crippen LogP contribution is -2.24. The number of para-hydroxylation sites is 1. The number of rotatable bonds is 11. The molecule has 0 aromatic heterocycles. The Morgan fingerprint density at radius 3 is 2.52 bits per heavy atom. The van der Waals surface area contributed by atoms with Crippen molar-refractivity contribution in [3.8, 4) is 5.75 Å². The van der Waals surface area contributed by atoms with E-state index in [-0.39, 0.29) is 19.3 Å². The average molecular weight is 318 g/mol. The summed E-state index contributed by atoms with van der Waals surface area (Å²) >= 11 is 0. The predicted molar refractivity (Wildman–Crippen MR) is 79.2 cm³/mol. The van der Waals surface area contributed by atoms with E-state index < -0.39 is 7.82 Å². The van der Waals surface area contributed by atoms with Crippen LogP contribution in [0.5, 0.6) is 5.75 Å². The standard InChI is InChI=1S/C14H23O6P/c1-2-3-7-14(20-13-8-5-4-6-9-13)12-18-10-11-19-21(15,16)17/h4-6,8-9,14H,2-3,7,10-12H2,1H3,(H2,15,16,17). The summed E-state index contributed by atoms with van der Waals surface area (Å²) in [5.74, 6) is 0.786. The highest BCUT2D eigenvalue weighted by atomic mass is 31.2. The van der Waals surface area contributed by atoms with Gasteiger partial charge in [0.25, 0.3) is 0 Å². The topological polar surface area (TPSA) is 85.2 Å². The number of hydrogen-bond acceptors (Lipinski definition) is 4. The summed E-state index contributed by atoms with van der Waals surface area (Å²) in [6.45, 7) is 2.44. The van der Waals surface area contributed by atoms with E-state index >= 15 is 0 Å². The van der Waals surface area contributed by atoms with E-state index in [2.05, 4.69) is 11.4 Å². The van der Waals surface area contributed by atoms with Crippen LogP contribution in [0.1, 0.15) is 26.2 Å². The molecule has 7 heteroatoms. The van der Waals surface area contributed by atoms with Gasteiger partial charge >= 0.3 is 7.82 Å². The van der Waals surface area contributed by atoms with Gasteiger partial charge in [0.05, 0.1) is 19.8 Å². The Bertz CT molecular complexity index is 419. The van der Waals surface area contributed by atoms with E-state index in [4.69, 9.17) is 19.3 Å². The second kappa shape index (κ2) is 9.92. The van der Waals surface area contributed by atoms with E-state index in [1.54, 1.807) is 0 Å². The fourth-order valence-electron chi connectivity index (χ4n) is 1.73. The van der Waals surface area contributed by atoms with Gasteiger partial charge in [-0.25, -0.2) is 4.57 Å². The highest BCUT2D eigenvalue weighted by Gasteiger charge is 2.14. The first-order valence-electron chi connectivity index (χ1n) is 7.01. The normalized spacial score (nSPS) is 13.1. The second-order valence-corrected chi connectivity index (χ2v) is 5.83. The fourth-order valence-corrected chi connectivity index (χ4v) is 2.04. The van der Waals surface area contributed by atoms with Crippen LogP contribution in [0.4, 0.5) is 0 Å². The first-order valence-corrected chi connectivity index (χ1v) is 8.54. The van der Waals surface area contributed by atoms with E-state index in [1.165, 1.54) is 0 Å². The molecule has 0 bridgehead atoms. The minimum atomic E-state index is -4.41. The van der Waals surface area contributed by atoms with E-state index in [9.17, 15) is 4.57 Å². The molecule has 120 valence electrons. The molecule has 0 amide bonds. The molecule has 21 heavy (non-hydrogen) atoms. The molecule has 2 N–H and O–H groups in total. The maximum atomic E-state index is 10.5. The van der Waals surface area contributed by atoms with Crippen LogP contribution in [-0.2, 0) is 13.8 Å². The zero-order valence-electron chi connectivity index (χ0n) is 12.2. The summed E-state index contributed by atoms with van der Waals surface area (Å²) < 4.78 is 26.0. The molecule has 1 aromatic rings. The molecule has 0 aliphatic heterocycles. The Morgan fingerprint density at radius 1 is 1.19 bits per heavy atom. The fraction of sp³-hybridized carbons (Fsp3) is 0.571. The van der Waals surface area contributed by atoms with Crippen molar-refractivity contribution in [2.24, 2.45) is 0 Å². The van der Waals surface area contributed by atoms with Gasteiger partial charge in [-0.2, -0.15) is 0 Å². The highest BCUT2D eigenvalue weighted by molar-refractivity contribution is 7.46. The van der Waals surface area contributed by atoms with Gasteiger partial charge < -0.3 is 19.3 Å². The molecule has 0 aliphatic rings. The molecule has 0 fully saturated rings. The first-order chi connectivity index (χ1) is 10.0. The smallest absolute Gasteiger partial charge is 0.469 e. The number of phosphoric acid groups is 1. The van der Waals surface area contributed by atoms with E-state index in [0.717, 1.165) is 25.0 Å². The quantitative estimate of drug-likeness (QED) is 0.482. The molecule has 6 nitrogen and oxygen atoms in total. The maximum absolute atomic E-state index is 10.5. The largest absolute Gasteiger partial charge is 0.488 e. The summed E-state index contributed by atoms with van der Waals surface area (Å²) in [6, 6.07) is 9.50. The minimum absolute atomic E-state index is 0.0811. The summed E-state index contributed by atoms with van der Waals surface area (Å²) in [5, 5.41) is 0. The van der Waals surface area contributed by atoms with Crippen molar-refractivity contribution in [1.29, 1.82) is 0 Å². The predicted octanol–water partition coefficient (Wildman–Crippen LogP) is 2.75. The van der Waals surface area contributed by atoms with Gasteiger partial charge in [0, 0.05) is 0 Å². The third-order valence-electron chi connectivity index (χ3n) is 2.72. The summed E-state index contributed by atoms with van der Waals surface area (Å²) in [6.07, 6.45) is 2.88. The van der Waals surface area contributed by atoms with E-state index in [1.807, 2.05) is 30.3 Å². The van der Waals surface area contributed by atoms with Crippen LogP contribution in [0, 0.1) is 0 Å². The first kappa shape index (κ1) is 18.1. The minimum Gasteiger partial charge on any atom is -0.488 e. The summed E-state index contributed by atoms with van der Waals surface area (Å²) in [4.78, 5) is 17.1.